The Kier molecular flexibility index (Phi) is 2.82. The maximum absolute atomic E-state index is 12.6. The summed E-state index contributed by atoms with van der Waals surface area (Å²) in [5.41, 5.74) is 5.28. The normalized spacial score (nSPS) is 19.1. The SMILES string of the molecule is Cn1ncc2ccc(-c3cccc4c3CN(C[C@@H]3CO3)C4=O)cc21. The van der Waals surface area contributed by atoms with Crippen LogP contribution in [0.2, 0.25) is 0 Å². The minimum atomic E-state index is 0.115. The first kappa shape index (κ1) is 13.7. The molecule has 0 saturated carbocycles. The van der Waals surface area contributed by atoms with Gasteiger partial charge in [-0.05, 0) is 28.8 Å². The van der Waals surface area contributed by atoms with Gasteiger partial charge in [-0.2, -0.15) is 5.10 Å². The van der Waals surface area contributed by atoms with Crippen molar-refractivity contribution in [3.63, 3.8) is 0 Å². The van der Waals surface area contributed by atoms with Gasteiger partial charge in [-0.3, -0.25) is 9.48 Å². The molecule has 0 radical (unpaired) electrons. The third kappa shape index (κ3) is 2.05. The average Bonchev–Trinajstić information content (AvgIpc) is 3.27. The van der Waals surface area contributed by atoms with Gasteiger partial charge in [0, 0.05) is 31.1 Å². The molecule has 2 aromatic carbocycles. The van der Waals surface area contributed by atoms with E-state index in [1.54, 1.807) is 0 Å². The number of hydrogen-bond donors (Lipinski definition) is 0. The number of amides is 1. The monoisotopic (exact) mass is 319 g/mol. The first-order valence-corrected chi connectivity index (χ1v) is 8.15. The van der Waals surface area contributed by atoms with Crippen LogP contribution in [0, 0.1) is 0 Å². The van der Waals surface area contributed by atoms with E-state index in [0.29, 0.717) is 13.1 Å². The number of ether oxygens (including phenoxy) is 1. The topological polar surface area (TPSA) is 50.7 Å². The number of benzene rings is 2. The highest BCUT2D eigenvalue weighted by Crippen LogP contribution is 2.34. The molecule has 0 N–H and O–H groups in total. The van der Waals surface area contributed by atoms with Crippen molar-refractivity contribution in [1.82, 2.24) is 14.7 Å². The molecule has 2 aliphatic rings. The van der Waals surface area contributed by atoms with E-state index in [0.717, 1.165) is 39.8 Å². The largest absolute Gasteiger partial charge is 0.371 e. The fourth-order valence-electron chi connectivity index (χ4n) is 3.54. The van der Waals surface area contributed by atoms with Gasteiger partial charge in [-0.15, -0.1) is 0 Å². The van der Waals surface area contributed by atoms with Gasteiger partial charge in [0.1, 0.15) is 0 Å². The van der Waals surface area contributed by atoms with Crippen LogP contribution in [0.1, 0.15) is 15.9 Å². The van der Waals surface area contributed by atoms with Crippen LogP contribution in [-0.4, -0.2) is 39.8 Å². The lowest BCUT2D eigenvalue weighted by molar-refractivity contribution is 0.0766. The van der Waals surface area contributed by atoms with Gasteiger partial charge in [-0.1, -0.05) is 24.3 Å². The van der Waals surface area contributed by atoms with Crippen molar-refractivity contribution in [2.45, 2.75) is 12.6 Å². The molecule has 24 heavy (non-hydrogen) atoms. The standard InChI is InChI=1S/C19H17N3O2/c1-21-18-7-12(5-6-13(18)8-20-21)15-3-2-4-16-17(15)10-22(19(16)23)9-14-11-24-14/h2-8,14H,9-11H2,1H3/t14-/m1/s1. The van der Waals surface area contributed by atoms with Crippen LogP contribution >= 0.6 is 0 Å². The molecule has 0 spiro atoms. The highest BCUT2D eigenvalue weighted by molar-refractivity contribution is 6.01. The van der Waals surface area contributed by atoms with E-state index in [2.05, 4.69) is 29.4 Å². The van der Waals surface area contributed by atoms with Gasteiger partial charge in [0.25, 0.3) is 5.91 Å². The molecule has 120 valence electrons. The van der Waals surface area contributed by atoms with Crippen molar-refractivity contribution < 1.29 is 9.53 Å². The predicted molar refractivity (Wildman–Crippen MR) is 90.6 cm³/mol. The van der Waals surface area contributed by atoms with Crippen LogP contribution in [-0.2, 0) is 18.3 Å². The molecule has 5 rings (SSSR count). The van der Waals surface area contributed by atoms with Crippen LogP contribution < -0.4 is 0 Å². The lowest BCUT2D eigenvalue weighted by Crippen LogP contribution is -2.28. The maximum atomic E-state index is 12.6. The molecule has 0 aliphatic carbocycles. The van der Waals surface area contributed by atoms with Gasteiger partial charge in [-0.25, -0.2) is 0 Å². The number of hydrogen-bond acceptors (Lipinski definition) is 3. The van der Waals surface area contributed by atoms with E-state index < -0.39 is 0 Å². The summed E-state index contributed by atoms with van der Waals surface area (Å²) >= 11 is 0. The summed E-state index contributed by atoms with van der Waals surface area (Å²) in [6.45, 7) is 2.12. The number of rotatable bonds is 3. The summed E-state index contributed by atoms with van der Waals surface area (Å²) in [5, 5.41) is 5.43. The summed E-state index contributed by atoms with van der Waals surface area (Å²) in [6, 6.07) is 12.3. The lowest BCUT2D eigenvalue weighted by atomic mass is 9.96. The first-order chi connectivity index (χ1) is 11.7. The molecular formula is C19H17N3O2. The number of aryl methyl sites for hydroxylation is 1. The number of carbonyl (C=O) groups excluding carboxylic acids is 1. The zero-order valence-electron chi connectivity index (χ0n) is 13.4. The Morgan fingerprint density at radius 2 is 2.08 bits per heavy atom. The molecule has 3 heterocycles. The summed E-state index contributed by atoms with van der Waals surface area (Å²) in [4.78, 5) is 14.5. The summed E-state index contributed by atoms with van der Waals surface area (Å²) in [5.74, 6) is 0.115. The van der Waals surface area contributed by atoms with Crippen LogP contribution in [0.5, 0.6) is 0 Å². The first-order valence-electron chi connectivity index (χ1n) is 8.15. The van der Waals surface area contributed by atoms with Crippen LogP contribution in [0.4, 0.5) is 0 Å². The Hall–Kier alpha value is -2.66. The molecule has 3 aromatic rings. The second-order valence-corrected chi connectivity index (χ2v) is 6.51. The molecule has 1 aromatic heterocycles. The molecule has 2 aliphatic heterocycles. The number of epoxide rings is 1. The fourth-order valence-corrected chi connectivity index (χ4v) is 3.54. The second kappa shape index (κ2) is 4.92. The molecule has 1 fully saturated rings. The minimum absolute atomic E-state index is 0.115. The Balaban J connectivity index is 1.59. The highest BCUT2D eigenvalue weighted by atomic mass is 16.6. The van der Waals surface area contributed by atoms with Crippen molar-refractivity contribution in [2.75, 3.05) is 13.2 Å². The summed E-state index contributed by atoms with van der Waals surface area (Å²) < 4.78 is 7.16. The van der Waals surface area contributed by atoms with Gasteiger partial charge in [0.2, 0.25) is 0 Å². The van der Waals surface area contributed by atoms with Crippen LogP contribution in [0.3, 0.4) is 0 Å². The smallest absolute Gasteiger partial charge is 0.254 e. The number of carbonyl (C=O) groups is 1. The number of aromatic nitrogens is 2. The highest BCUT2D eigenvalue weighted by Gasteiger charge is 2.34. The Bertz CT molecular complexity index is 972. The average molecular weight is 319 g/mol. The molecule has 5 nitrogen and oxygen atoms in total. The molecular weight excluding hydrogens is 302 g/mol. The summed E-state index contributed by atoms with van der Waals surface area (Å²) in [7, 11) is 1.95. The Labute approximate surface area is 139 Å². The molecule has 0 unspecified atom stereocenters. The second-order valence-electron chi connectivity index (χ2n) is 6.51. The zero-order chi connectivity index (χ0) is 16.3. The number of fused-ring (bicyclic) bond motifs is 2. The molecule has 5 heteroatoms. The van der Waals surface area contributed by atoms with Crippen molar-refractivity contribution >= 4 is 16.8 Å². The molecule has 0 bridgehead atoms. The Morgan fingerprint density at radius 1 is 1.25 bits per heavy atom. The quantitative estimate of drug-likeness (QED) is 0.697. The van der Waals surface area contributed by atoms with E-state index in [1.165, 1.54) is 0 Å². The van der Waals surface area contributed by atoms with Gasteiger partial charge in [0.05, 0.1) is 24.4 Å². The zero-order valence-corrected chi connectivity index (χ0v) is 13.4. The van der Waals surface area contributed by atoms with Crippen molar-refractivity contribution in [2.24, 2.45) is 7.05 Å². The maximum Gasteiger partial charge on any atom is 0.254 e. The van der Waals surface area contributed by atoms with Crippen LogP contribution in [0.15, 0.2) is 42.6 Å². The summed E-state index contributed by atoms with van der Waals surface area (Å²) in [6.07, 6.45) is 2.09. The third-order valence-corrected chi connectivity index (χ3v) is 4.93. The Morgan fingerprint density at radius 3 is 2.92 bits per heavy atom. The number of nitrogens with zero attached hydrogens (tertiary/aromatic N) is 3. The van der Waals surface area contributed by atoms with E-state index in [1.807, 2.05) is 35.0 Å². The third-order valence-electron chi connectivity index (χ3n) is 4.93. The minimum Gasteiger partial charge on any atom is -0.371 e. The van der Waals surface area contributed by atoms with E-state index in [-0.39, 0.29) is 12.0 Å². The van der Waals surface area contributed by atoms with E-state index in [9.17, 15) is 4.79 Å². The van der Waals surface area contributed by atoms with Crippen molar-refractivity contribution in [1.29, 1.82) is 0 Å². The predicted octanol–water partition coefficient (Wildman–Crippen LogP) is 2.59. The lowest BCUT2D eigenvalue weighted by Gasteiger charge is -2.13. The molecule has 1 saturated heterocycles. The van der Waals surface area contributed by atoms with Crippen molar-refractivity contribution in [3.8, 4) is 11.1 Å². The van der Waals surface area contributed by atoms with Gasteiger partial charge < -0.3 is 9.64 Å². The van der Waals surface area contributed by atoms with Crippen LogP contribution in [0.25, 0.3) is 22.0 Å². The van der Waals surface area contributed by atoms with Gasteiger partial charge >= 0.3 is 0 Å². The fraction of sp³-hybridized carbons (Fsp3) is 0.263. The molecule has 1 amide bonds. The van der Waals surface area contributed by atoms with Gasteiger partial charge in [0.15, 0.2) is 0 Å². The van der Waals surface area contributed by atoms with E-state index >= 15 is 0 Å². The van der Waals surface area contributed by atoms with E-state index in [4.69, 9.17) is 4.74 Å². The molecule has 1 atom stereocenters. The van der Waals surface area contributed by atoms with Crippen molar-refractivity contribution in [3.05, 3.63) is 53.7 Å².